The van der Waals surface area contributed by atoms with Gasteiger partial charge in [-0.3, -0.25) is 0 Å². The Kier molecular flexibility index (Phi) is 5.32. The lowest BCUT2D eigenvalue weighted by Crippen LogP contribution is -2.36. The second kappa shape index (κ2) is 7.21. The van der Waals surface area contributed by atoms with Crippen molar-refractivity contribution in [2.24, 2.45) is 0 Å². The van der Waals surface area contributed by atoms with E-state index in [4.69, 9.17) is 4.52 Å². The van der Waals surface area contributed by atoms with Crippen LogP contribution in [-0.4, -0.2) is 28.1 Å². The van der Waals surface area contributed by atoms with Gasteiger partial charge < -0.3 is 14.7 Å². The van der Waals surface area contributed by atoms with Crippen molar-refractivity contribution in [1.82, 2.24) is 20.4 Å². The normalized spacial score (nSPS) is 10.6. The summed E-state index contributed by atoms with van der Waals surface area (Å²) in [6.45, 7) is 4.95. The fourth-order valence-corrected chi connectivity index (χ4v) is 2.68. The first kappa shape index (κ1) is 15.5. The van der Waals surface area contributed by atoms with Crippen molar-refractivity contribution < 1.29 is 9.32 Å². The van der Waals surface area contributed by atoms with Crippen LogP contribution in [0.1, 0.15) is 35.2 Å². The summed E-state index contributed by atoms with van der Waals surface area (Å²) >= 11 is 1.64. The minimum Gasteiger partial charge on any atom is -0.359 e. The van der Waals surface area contributed by atoms with Gasteiger partial charge in [-0.25, -0.2) is 9.78 Å². The fourth-order valence-electron chi connectivity index (χ4n) is 1.76. The van der Waals surface area contributed by atoms with Gasteiger partial charge in [-0.05, 0) is 12.8 Å². The Balaban J connectivity index is 1.81. The van der Waals surface area contributed by atoms with Gasteiger partial charge in [0, 0.05) is 24.2 Å². The Morgan fingerprint density at radius 2 is 2.24 bits per heavy atom. The van der Waals surface area contributed by atoms with E-state index in [0.29, 0.717) is 18.8 Å². The van der Waals surface area contributed by atoms with Gasteiger partial charge in [0.15, 0.2) is 5.76 Å². The molecule has 2 aromatic heterocycles. The zero-order chi connectivity index (χ0) is 15.2. The summed E-state index contributed by atoms with van der Waals surface area (Å²) in [6.07, 6.45) is 3.66. The predicted octanol–water partition coefficient (Wildman–Crippen LogP) is 2.60. The lowest BCUT2D eigenvalue weighted by atomic mass is 10.3. The standard InChI is InChI=1S/C14H20N4O2S/c1-4-10-6-11(20-17-10)7-16-14(19)18(3)9-13-15-8-12(5-2)21-13/h6,8H,4-5,7,9H2,1-3H3,(H,16,19). The number of thiazole rings is 1. The number of rotatable bonds is 6. The summed E-state index contributed by atoms with van der Waals surface area (Å²) in [7, 11) is 1.75. The SMILES string of the molecule is CCc1cc(CNC(=O)N(C)Cc2ncc(CC)s2)on1. The predicted molar refractivity (Wildman–Crippen MR) is 81.1 cm³/mol. The highest BCUT2D eigenvalue weighted by Gasteiger charge is 2.12. The molecule has 0 aromatic carbocycles. The summed E-state index contributed by atoms with van der Waals surface area (Å²) in [5.41, 5.74) is 0.891. The molecule has 6 nitrogen and oxygen atoms in total. The molecular formula is C14H20N4O2S. The van der Waals surface area contributed by atoms with E-state index < -0.39 is 0 Å². The van der Waals surface area contributed by atoms with Crippen LogP contribution in [0.4, 0.5) is 4.79 Å². The number of nitrogens with zero attached hydrogens (tertiary/aromatic N) is 3. The molecule has 1 N–H and O–H groups in total. The zero-order valence-electron chi connectivity index (χ0n) is 12.5. The highest BCUT2D eigenvalue weighted by molar-refractivity contribution is 7.11. The maximum atomic E-state index is 12.0. The molecule has 0 bridgehead atoms. The number of carbonyl (C=O) groups is 1. The van der Waals surface area contributed by atoms with Gasteiger partial charge in [-0.15, -0.1) is 11.3 Å². The number of carbonyl (C=O) groups excluding carboxylic acids is 1. The molecule has 0 saturated heterocycles. The first-order chi connectivity index (χ1) is 10.1. The summed E-state index contributed by atoms with van der Waals surface area (Å²) in [5, 5.41) is 7.64. The minimum absolute atomic E-state index is 0.155. The number of urea groups is 1. The maximum absolute atomic E-state index is 12.0. The van der Waals surface area contributed by atoms with Crippen molar-refractivity contribution in [3.05, 3.63) is 33.6 Å². The second-order valence-corrected chi connectivity index (χ2v) is 5.93. The molecular weight excluding hydrogens is 288 g/mol. The average molecular weight is 308 g/mol. The van der Waals surface area contributed by atoms with Crippen LogP contribution >= 0.6 is 11.3 Å². The minimum atomic E-state index is -0.155. The van der Waals surface area contributed by atoms with Gasteiger partial charge in [0.05, 0.1) is 18.8 Å². The largest absolute Gasteiger partial charge is 0.359 e. The van der Waals surface area contributed by atoms with Crippen LogP contribution in [0.25, 0.3) is 0 Å². The van der Waals surface area contributed by atoms with Crippen LogP contribution in [0.15, 0.2) is 16.8 Å². The lowest BCUT2D eigenvalue weighted by molar-refractivity contribution is 0.205. The molecule has 21 heavy (non-hydrogen) atoms. The Bertz CT molecular complexity index is 593. The molecule has 0 aliphatic heterocycles. The molecule has 2 rings (SSSR count). The molecule has 0 atom stereocenters. The van der Waals surface area contributed by atoms with Crippen molar-refractivity contribution >= 4 is 17.4 Å². The van der Waals surface area contributed by atoms with E-state index in [1.807, 2.05) is 19.2 Å². The number of aryl methyl sites for hydroxylation is 2. The first-order valence-electron chi connectivity index (χ1n) is 6.99. The fraction of sp³-hybridized carbons (Fsp3) is 0.500. The smallest absolute Gasteiger partial charge is 0.317 e. The molecule has 0 aliphatic rings. The highest BCUT2D eigenvalue weighted by atomic mass is 32.1. The van der Waals surface area contributed by atoms with Crippen molar-refractivity contribution in [2.45, 2.75) is 39.8 Å². The molecule has 0 saturated carbocycles. The monoisotopic (exact) mass is 308 g/mol. The first-order valence-corrected chi connectivity index (χ1v) is 7.81. The Morgan fingerprint density at radius 3 is 2.86 bits per heavy atom. The Labute approximate surface area is 128 Å². The Morgan fingerprint density at radius 1 is 1.43 bits per heavy atom. The van der Waals surface area contributed by atoms with Crippen LogP contribution in [0, 0.1) is 0 Å². The molecule has 0 unspecified atom stereocenters. The summed E-state index contributed by atoms with van der Waals surface area (Å²) in [5.74, 6) is 0.663. The van der Waals surface area contributed by atoms with E-state index in [1.165, 1.54) is 4.88 Å². The van der Waals surface area contributed by atoms with E-state index in [2.05, 4.69) is 22.4 Å². The van der Waals surface area contributed by atoms with E-state index in [9.17, 15) is 4.79 Å². The van der Waals surface area contributed by atoms with Gasteiger partial charge in [0.25, 0.3) is 0 Å². The maximum Gasteiger partial charge on any atom is 0.317 e. The molecule has 2 amide bonds. The van der Waals surface area contributed by atoms with Crippen molar-refractivity contribution in [1.29, 1.82) is 0 Å². The molecule has 0 radical (unpaired) electrons. The van der Waals surface area contributed by atoms with Crippen molar-refractivity contribution in [3.8, 4) is 0 Å². The van der Waals surface area contributed by atoms with Gasteiger partial charge in [-0.2, -0.15) is 0 Å². The van der Waals surface area contributed by atoms with Gasteiger partial charge >= 0.3 is 6.03 Å². The summed E-state index contributed by atoms with van der Waals surface area (Å²) < 4.78 is 5.13. The number of aromatic nitrogens is 2. The summed E-state index contributed by atoms with van der Waals surface area (Å²) in [4.78, 5) is 19.1. The third-order valence-electron chi connectivity index (χ3n) is 3.05. The highest BCUT2D eigenvalue weighted by Crippen LogP contribution is 2.14. The molecule has 7 heteroatoms. The molecule has 2 aromatic rings. The van der Waals surface area contributed by atoms with E-state index in [-0.39, 0.29) is 6.03 Å². The zero-order valence-corrected chi connectivity index (χ0v) is 13.4. The summed E-state index contributed by atoms with van der Waals surface area (Å²) in [6, 6.07) is 1.70. The molecule has 0 fully saturated rings. The van der Waals surface area contributed by atoms with E-state index >= 15 is 0 Å². The molecule has 114 valence electrons. The van der Waals surface area contributed by atoms with Crippen LogP contribution in [0.3, 0.4) is 0 Å². The van der Waals surface area contributed by atoms with Crippen LogP contribution in [0.2, 0.25) is 0 Å². The molecule has 0 aliphatic carbocycles. The van der Waals surface area contributed by atoms with Crippen LogP contribution in [0.5, 0.6) is 0 Å². The number of nitrogens with one attached hydrogen (secondary N) is 1. The van der Waals surface area contributed by atoms with Crippen molar-refractivity contribution in [3.63, 3.8) is 0 Å². The average Bonchev–Trinajstić information content (AvgIpc) is 3.13. The number of hydrogen-bond donors (Lipinski definition) is 1. The van der Waals surface area contributed by atoms with E-state index in [0.717, 1.165) is 23.5 Å². The quantitative estimate of drug-likeness (QED) is 0.890. The molecule has 2 heterocycles. The second-order valence-electron chi connectivity index (χ2n) is 4.73. The van der Waals surface area contributed by atoms with E-state index in [1.54, 1.807) is 23.3 Å². The lowest BCUT2D eigenvalue weighted by Gasteiger charge is -2.15. The number of amides is 2. The topological polar surface area (TPSA) is 71.3 Å². The Hall–Kier alpha value is -1.89. The third kappa shape index (κ3) is 4.29. The number of hydrogen-bond acceptors (Lipinski definition) is 5. The molecule has 0 spiro atoms. The van der Waals surface area contributed by atoms with Gasteiger partial charge in [-0.1, -0.05) is 19.0 Å². The van der Waals surface area contributed by atoms with Gasteiger partial charge in [0.1, 0.15) is 5.01 Å². The third-order valence-corrected chi connectivity index (χ3v) is 4.18. The van der Waals surface area contributed by atoms with Crippen LogP contribution < -0.4 is 5.32 Å². The van der Waals surface area contributed by atoms with Gasteiger partial charge in [0.2, 0.25) is 0 Å². The van der Waals surface area contributed by atoms with Crippen LogP contribution in [-0.2, 0) is 25.9 Å². The van der Waals surface area contributed by atoms with Crippen molar-refractivity contribution in [2.75, 3.05) is 7.05 Å².